The van der Waals surface area contributed by atoms with Gasteiger partial charge in [0.15, 0.2) is 6.10 Å². The number of aliphatic hydroxyl groups is 1. The van der Waals surface area contributed by atoms with Gasteiger partial charge in [-0.2, -0.15) is 0 Å². The number of hydrogen-bond donors (Lipinski definition) is 2. The highest BCUT2D eigenvalue weighted by Crippen LogP contribution is 2.30. The summed E-state index contributed by atoms with van der Waals surface area (Å²) in [5.41, 5.74) is 1.83. The van der Waals surface area contributed by atoms with Crippen LogP contribution in [0.2, 0.25) is 0 Å². The Balaban J connectivity index is 2.19. The van der Waals surface area contributed by atoms with Crippen LogP contribution in [0.1, 0.15) is 18.9 Å². The number of hydrogen-bond acceptors (Lipinski definition) is 3. The van der Waals surface area contributed by atoms with Crippen molar-refractivity contribution in [3.8, 4) is 5.75 Å². The second-order valence-electron chi connectivity index (χ2n) is 3.91. The van der Waals surface area contributed by atoms with Crippen molar-refractivity contribution >= 4 is 11.6 Å². The van der Waals surface area contributed by atoms with Gasteiger partial charge in [0.05, 0.1) is 5.69 Å². The molecular formula is C12H15NO3. The standard InChI is InChI=1S/C12H15NO3/c1-8-12(15)13-10-5-4-9(3-2-6-14)7-11(10)16-8/h4-5,7-8,14H,2-3,6H2,1H3,(H,13,15). The highest BCUT2D eigenvalue weighted by Gasteiger charge is 2.23. The summed E-state index contributed by atoms with van der Waals surface area (Å²) in [6.07, 6.45) is 1.11. The third-order valence-corrected chi connectivity index (χ3v) is 2.60. The Bertz CT molecular complexity index is 403. The molecule has 0 fully saturated rings. The van der Waals surface area contributed by atoms with Crippen LogP contribution in [-0.4, -0.2) is 23.7 Å². The Hall–Kier alpha value is -1.55. The Morgan fingerprint density at radius 1 is 1.50 bits per heavy atom. The molecule has 86 valence electrons. The van der Waals surface area contributed by atoms with Gasteiger partial charge in [-0.1, -0.05) is 6.07 Å². The predicted molar refractivity (Wildman–Crippen MR) is 60.6 cm³/mol. The van der Waals surface area contributed by atoms with Crippen LogP contribution in [0.25, 0.3) is 0 Å². The molecule has 1 amide bonds. The Labute approximate surface area is 94.2 Å². The fourth-order valence-electron chi connectivity index (χ4n) is 1.68. The van der Waals surface area contributed by atoms with Crippen molar-refractivity contribution in [2.75, 3.05) is 11.9 Å². The molecule has 0 aliphatic carbocycles. The van der Waals surface area contributed by atoms with E-state index in [0.29, 0.717) is 5.75 Å². The van der Waals surface area contributed by atoms with Crippen LogP contribution in [0.3, 0.4) is 0 Å². The lowest BCUT2D eigenvalue weighted by molar-refractivity contribution is -0.122. The zero-order chi connectivity index (χ0) is 11.5. The van der Waals surface area contributed by atoms with Crippen LogP contribution in [0.15, 0.2) is 18.2 Å². The van der Waals surface area contributed by atoms with Crippen molar-refractivity contribution in [1.82, 2.24) is 0 Å². The minimum atomic E-state index is -0.444. The largest absolute Gasteiger partial charge is 0.479 e. The molecule has 0 spiro atoms. The Kier molecular flexibility index (Phi) is 3.10. The first-order valence-electron chi connectivity index (χ1n) is 5.42. The molecule has 1 heterocycles. The Morgan fingerprint density at radius 2 is 2.31 bits per heavy atom. The number of ether oxygens (including phenoxy) is 1. The Morgan fingerprint density at radius 3 is 3.06 bits per heavy atom. The van der Waals surface area contributed by atoms with Crippen molar-refractivity contribution in [2.45, 2.75) is 25.9 Å². The molecular weight excluding hydrogens is 206 g/mol. The molecule has 0 saturated carbocycles. The van der Waals surface area contributed by atoms with Crippen LogP contribution in [0, 0.1) is 0 Å². The van der Waals surface area contributed by atoms with Crippen molar-refractivity contribution in [3.63, 3.8) is 0 Å². The molecule has 0 bridgehead atoms. The number of aliphatic hydroxyl groups excluding tert-OH is 1. The van der Waals surface area contributed by atoms with E-state index in [-0.39, 0.29) is 12.5 Å². The lowest BCUT2D eigenvalue weighted by Crippen LogP contribution is -2.34. The maximum absolute atomic E-state index is 11.3. The van der Waals surface area contributed by atoms with E-state index in [0.717, 1.165) is 24.1 Å². The van der Waals surface area contributed by atoms with Crippen molar-refractivity contribution in [1.29, 1.82) is 0 Å². The van der Waals surface area contributed by atoms with Gasteiger partial charge in [-0.3, -0.25) is 4.79 Å². The molecule has 4 heteroatoms. The summed E-state index contributed by atoms with van der Waals surface area (Å²) in [6, 6.07) is 5.70. The highest BCUT2D eigenvalue weighted by molar-refractivity contribution is 5.97. The summed E-state index contributed by atoms with van der Waals surface area (Å²) in [5, 5.41) is 11.5. The van der Waals surface area contributed by atoms with E-state index >= 15 is 0 Å². The predicted octanol–water partition coefficient (Wildman–Crippen LogP) is 1.33. The summed E-state index contributed by atoms with van der Waals surface area (Å²) >= 11 is 0. The number of benzene rings is 1. The molecule has 0 radical (unpaired) electrons. The summed E-state index contributed by atoms with van der Waals surface area (Å²) in [5.74, 6) is 0.596. The van der Waals surface area contributed by atoms with Gasteiger partial charge in [-0.25, -0.2) is 0 Å². The highest BCUT2D eigenvalue weighted by atomic mass is 16.5. The summed E-state index contributed by atoms with van der Waals surface area (Å²) in [4.78, 5) is 11.3. The van der Waals surface area contributed by atoms with E-state index < -0.39 is 6.10 Å². The summed E-state index contributed by atoms with van der Waals surface area (Å²) in [6.45, 7) is 1.91. The van der Waals surface area contributed by atoms with E-state index in [1.54, 1.807) is 6.92 Å². The van der Waals surface area contributed by atoms with E-state index in [1.807, 2.05) is 18.2 Å². The summed E-state index contributed by atoms with van der Waals surface area (Å²) < 4.78 is 5.49. The first-order valence-corrected chi connectivity index (χ1v) is 5.42. The summed E-state index contributed by atoms with van der Waals surface area (Å²) in [7, 11) is 0. The minimum Gasteiger partial charge on any atom is -0.479 e. The SMILES string of the molecule is CC1Oc2cc(CCCO)ccc2NC1=O. The van der Waals surface area contributed by atoms with E-state index in [4.69, 9.17) is 9.84 Å². The zero-order valence-electron chi connectivity index (χ0n) is 9.19. The second-order valence-corrected chi connectivity index (χ2v) is 3.91. The normalized spacial score (nSPS) is 18.6. The number of nitrogens with one attached hydrogen (secondary N) is 1. The minimum absolute atomic E-state index is 0.115. The fraction of sp³-hybridized carbons (Fsp3) is 0.417. The second kappa shape index (κ2) is 4.53. The van der Waals surface area contributed by atoms with E-state index in [9.17, 15) is 4.79 Å². The first kappa shape index (κ1) is 11.0. The monoisotopic (exact) mass is 221 g/mol. The van der Waals surface area contributed by atoms with E-state index in [1.165, 1.54) is 0 Å². The lowest BCUT2D eigenvalue weighted by atomic mass is 10.1. The molecule has 2 N–H and O–H groups in total. The average Bonchev–Trinajstić information content (AvgIpc) is 2.28. The van der Waals surface area contributed by atoms with Crippen LogP contribution >= 0.6 is 0 Å². The smallest absolute Gasteiger partial charge is 0.265 e. The molecule has 1 aliphatic rings. The number of fused-ring (bicyclic) bond motifs is 1. The quantitative estimate of drug-likeness (QED) is 0.809. The van der Waals surface area contributed by atoms with Gasteiger partial charge in [0, 0.05) is 6.61 Å². The molecule has 1 aromatic carbocycles. The van der Waals surface area contributed by atoms with Crippen molar-refractivity contribution in [3.05, 3.63) is 23.8 Å². The maximum atomic E-state index is 11.3. The molecule has 4 nitrogen and oxygen atoms in total. The lowest BCUT2D eigenvalue weighted by Gasteiger charge is -2.23. The number of amides is 1. The van der Waals surface area contributed by atoms with Gasteiger partial charge < -0.3 is 15.2 Å². The molecule has 1 atom stereocenters. The number of carbonyl (C=O) groups is 1. The van der Waals surface area contributed by atoms with Crippen LogP contribution in [-0.2, 0) is 11.2 Å². The molecule has 1 unspecified atom stereocenters. The molecule has 1 aromatic rings. The number of anilines is 1. The molecule has 0 aromatic heterocycles. The molecule has 1 aliphatic heterocycles. The van der Waals surface area contributed by atoms with Gasteiger partial charge in [-0.05, 0) is 37.5 Å². The average molecular weight is 221 g/mol. The van der Waals surface area contributed by atoms with Crippen molar-refractivity contribution in [2.24, 2.45) is 0 Å². The molecule has 0 saturated heterocycles. The van der Waals surface area contributed by atoms with Crippen LogP contribution < -0.4 is 10.1 Å². The van der Waals surface area contributed by atoms with Gasteiger partial charge in [0.1, 0.15) is 5.75 Å². The molecule has 2 rings (SSSR count). The zero-order valence-corrected chi connectivity index (χ0v) is 9.19. The van der Waals surface area contributed by atoms with Crippen LogP contribution in [0.4, 0.5) is 5.69 Å². The number of aryl methyl sites for hydroxylation is 1. The topological polar surface area (TPSA) is 58.6 Å². The third-order valence-electron chi connectivity index (χ3n) is 2.60. The van der Waals surface area contributed by atoms with Gasteiger partial charge in [-0.15, -0.1) is 0 Å². The van der Waals surface area contributed by atoms with Crippen LogP contribution in [0.5, 0.6) is 5.75 Å². The fourth-order valence-corrected chi connectivity index (χ4v) is 1.68. The van der Waals surface area contributed by atoms with Gasteiger partial charge in [0.25, 0.3) is 5.91 Å². The van der Waals surface area contributed by atoms with E-state index in [2.05, 4.69) is 5.32 Å². The first-order chi connectivity index (χ1) is 7.70. The third kappa shape index (κ3) is 2.17. The number of rotatable bonds is 3. The number of carbonyl (C=O) groups excluding carboxylic acids is 1. The maximum Gasteiger partial charge on any atom is 0.265 e. The van der Waals surface area contributed by atoms with Gasteiger partial charge in [0.2, 0.25) is 0 Å². The van der Waals surface area contributed by atoms with Gasteiger partial charge >= 0.3 is 0 Å². The molecule has 16 heavy (non-hydrogen) atoms. The van der Waals surface area contributed by atoms with Crippen molar-refractivity contribution < 1.29 is 14.6 Å².